The monoisotopic (exact) mass is 206 g/mol. The van der Waals surface area contributed by atoms with Crippen molar-refractivity contribution >= 4 is 16.3 Å². The molecule has 1 aromatic heterocycles. The second kappa shape index (κ2) is 5.51. The lowest BCUT2D eigenvalue weighted by molar-refractivity contribution is 0.781. The Balaban J connectivity index is 0.00000169. The first-order chi connectivity index (χ1) is 6.00. The molecule has 0 aliphatic heterocycles. The van der Waals surface area contributed by atoms with Gasteiger partial charge in [0.15, 0.2) is 0 Å². The largest absolute Gasteiger partial charge is 0.261 e. The number of hydrogen-bond donors (Lipinski definition) is 0. The van der Waals surface area contributed by atoms with Crippen LogP contribution in [0.2, 0.25) is 0 Å². The average molecular weight is 206 g/mol. The van der Waals surface area contributed by atoms with E-state index in [0.717, 1.165) is 6.16 Å². The van der Waals surface area contributed by atoms with Gasteiger partial charge >= 0.3 is 0 Å². The molecule has 0 fully saturated rings. The third kappa shape index (κ3) is 4.24. The lowest BCUT2D eigenvalue weighted by atomic mass is 10.3. The lowest BCUT2D eigenvalue weighted by Gasteiger charge is -2.27. The minimum Gasteiger partial charge on any atom is -0.261 e. The smallest absolute Gasteiger partial charge is 0.0446 e. The molecule has 0 aliphatic carbocycles. The summed E-state index contributed by atoms with van der Waals surface area (Å²) in [5.74, 6) is 0. The molecule has 0 saturated carbocycles. The second-order valence-electron chi connectivity index (χ2n) is 4.35. The molecule has 0 N–H and O–H groups in total. The van der Waals surface area contributed by atoms with Gasteiger partial charge in [-0.2, -0.15) is 0 Å². The fraction of sp³-hybridized carbons (Fsp3) is 0.545. The number of aromatic nitrogens is 1. The van der Waals surface area contributed by atoms with Crippen molar-refractivity contribution in [1.82, 2.24) is 4.98 Å². The van der Waals surface area contributed by atoms with Crippen LogP contribution in [0.5, 0.6) is 0 Å². The molecule has 1 nitrogen and oxygen atoms in total. The van der Waals surface area contributed by atoms with Crippen LogP contribution in [0.3, 0.4) is 0 Å². The van der Waals surface area contributed by atoms with Crippen molar-refractivity contribution in [3.05, 3.63) is 30.1 Å². The minimum absolute atomic E-state index is 0. The summed E-state index contributed by atoms with van der Waals surface area (Å²) in [6.45, 7) is 9.27. The maximum absolute atomic E-state index is 4.35. The lowest BCUT2D eigenvalue weighted by Crippen LogP contribution is -2.11. The van der Waals surface area contributed by atoms with Crippen LogP contribution in [0.1, 0.15) is 26.5 Å². The third-order valence-corrected chi connectivity index (χ3v) is 5.36. The fourth-order valence-electron chi connectivity index (χ4n) is 0.972. The molecule has 75 valence electrons. The second-order valence-corrected chi connectivity index (χ2v) is 7.40. The van der Waals surface area contributed by atoms with Crippen molar-refractivity contribution in [2.45, 2.75) is 32.1 Å². The fourth-order valence-corrected chi connectivity index (χ4v) is 2.12. The molecule has 1 heterocycles. The van der Waals surface area contributed by atoms with Gasteiger partial charge in [0.25, 0.3) is 0 Å². The Kier molecular flexibility index (Phi) is 5.37. The summed E-state index contributed by atoms with van der Waals surface area (Å²) >= 11 is 0. The number of pyridine rings is 1. The van der Waals surface area contributed by atoms with Gasteiger partial charge in [-0.05, 0) is 24.0 Å². The van der Waals surface area contributed by atoms with Gasteiger partial charge in [0.05, 0.1) is 0 Å². The highest BCUT2D eigenvalue weighted by molar-refractivity contribution is 7.57. The van der Waals surface area contributed by atoms with Crippen LogP contribution in [0, 0.1) is 0 Å². The van der Waals surface area contributed by atoms with Crippen molar-refractivity contribution in [2.24, 2.45) is 0 Å². The molecular formula is C11H18BNP. The Morgan fingerprint density at radius 3 is 2.36 bits per heavy atom. The minimum atomic E-state index is 0. The van der Waals surface area contributed by atoms with Crippen molar-refractivity contribution in [2.75, 3.05) is 6.66 Å². The Morgan fingerprint density at radius 1 is 1.29 bits per heavy atom. The number of nitrogens with zero attached hydrogens (tertiary/aromatic N) is 1. The Morgan fingerprint density at radius 2 is 1.93 bits per heavy atom. The van der Waals surface area contributed by atoms with E-state index < -0.39 is 0 Å². The van der Waals surface area contributed by atoms with Gasteiger partial charge in [-0.1, -0.05) is 34.8 Å². The maximum atomic E-state index is 4.35. The van der Waals surface area contributed by atoms with Gasteiger partial charge in [-0.15, -0.1) is 0 Å². The zero-order valence-electron chi connectivity index (χ0n) is 9.49. The summed E-state index contributed by atoms with van der Waals surface area (Å²) < 4.78 is 0. The third-order valence-electron chi connectivity index (χ3n) is 2.27. The Hall–Kier alpha value is -0.355. The highest BCUT2D eigenvalue weighted by Crippen LogP contribution is 2.48. The first kappa shape index (κ1) is 13.6. The standard InChI is InChI=1S/C11H18NP.B/c1-11(2,3)13(4)9-10-7-5-6-8-12-10;/h5-8H,9H2,1-4H3;/t13-;/m1./s1. The van der Waals surface area contributed by atoms with E-state index in [0.29, 0.717) is 5.16 Å². The highest BCUT2D eigenvalue weighted by atomic mass is 31.1. The molecule has 14 heavy (non-hydrogen) atoms. The zero-order valence-corrected chi connectivity index (χ0v) is 10.4. The first-order valence-electron chi connectivity index (χ1n) is 4.61. The molecule has 0 bridgehead atoms. The molecule has 1 atom stereocenters. The quantitative estimate of drug-likeness (QED) is 0.535. The molecule has 0 aromatic carbocycles. The molecule has 0 spiro atoms. The average Bonchev–Trinajstić information content (AvgIpc) is 2.04. The van der Waals surface area contributed by atoms with Gasteiger partial charge < -0.3 is 0 Å². The molecule has 0 aliphatic rings. The van der Waals surface area contributed by atoms with Crippen molar-refractivity contribution in [1.29, 1.82) is 0 Å². The predicted octanol–water partition coefficient (Wildman–Crippen LogP) is 3.11. The molecule has 0 unspecified atom stereocenters. The van der Waals surface area contributed by atoms with E-state index in [1.54, 1.807) is 0 Å². The van der Waals surface area contributed by atoms with Crippen molar-refractivity contribution in [3.63, 3.8) is 0 Å². The van der Waals surface area contributed by atoms with Crippen LogP contribution in [0.15, 0.2) is 24.4 Å². The van der Waals surface area contributed by atoms with Crippen LogP contribution in [-0.4, -0.2) is 25.2 Å². The molecular weight excluding hydrogens is 188 g/mol. The van der Waals surface area contributed by atoms with Gasteiger partial charge in [-0.3, -0.25) is 4.98 Å². The molecule has 3 heteroatoms. The number of rotatable bonds is 2. The van der Waals surface area contributed by atoms with Crippen LogP contribution in [-0.2, 0) is 6.16 Å². The predicted molar refractivity (Wildman–Crippen MR) is 66.3 cm³/mol. The molecule has 0 saturated heterocycles. The van der Waals surface area contributed by atoms with Crippen LogP contribution < -0.4 is 0 Å². The summed E-state index contributed by atoms with van der Waals surface area (Å²) in [6, 6.07) is 6.15. The normalized spacial score (nSPS) is 13.1. The van der Waals surface area contributed by atoms with E-state index >= 15 is 0 Å². The highest BCUT2D eigenvalue weighted by Gasteiger charge is 2.19. The molecule has 1 aromatic rings. The van der Waals surface area contributed by atoms with Crippen LogP contribution in [0.4, 0.5) is 0 Å². The molecule has 3 radical (unpaired) electrons. The Bertz CT molecular complexity index is 256. The SMILES string of the molecule is C[P@](Cc1ccccn1)C(C)(C)C.[B]. The number of hydrogen-bond acceptors (Lipinski definition) is 1. The van der Waals surface area contributed by atoms with Gasteiger partial charge in [-0.25, -0.2) is 0 Å². The van der Waals surface area contributed by atoms with Crippen molar-refractivity contribution in [3.8, 4) is 0 Å². The summed E-state index contributed by atoms with van der Waals surface area (Å²) in [5, 5.41) is 0.437. The van der Waals surface area contributed by atoms with Gasteiger partial charge in [0.2, 0.25) is 0 Å². The van der Waals surface area contributed by atoms with Crippen LogP contribution >= 0.6 is 7.92 Å². The Labute approximate surface area is 90.7 Å². The first-order valence-corrected chi connectivity index (χ1v) is 6.59. The van der Waals surface area contributed by atoms with Crippen molar-refractivity contribution < 1.29 is 0 Å². The van der Waals surface area contributed by atoms with Crippen LogP contribution in [0.25, 0.3) is 0 Å². The van der Waals surface area contributed by atoms with E-state index in [-0.39, 0.29) is 16.3 Å². The summed E-state index contributed by atoms with van der Waals surface area (Å²) in [7, 11) is 0.0396. The summed E-state index contributed by atoms with van der Waals surface area (Å²) in [4.78, 5) is 4.35. The van der Waals surface area contributed by atoms with E-state index in [9.17, 15) is 0 Å². The van der Waals surface area contributed by atoms with E-state index in [2.05, 4.69) is 44.6 Å². The maximum Gasteiger partial charge on any atom is 0.0446 e. The van der Waals surface area contributed by atoms with Gasteiger partial charge in [0, 0.05) is 26.5 Å². The summed E-state index contributed by atoms with van der Waals surface area (Å²) in [6.07, 6.45) is 3.01. The van der Waals surface area contributed by atoms with E-state index in [1.165, 1.54) is 5.69 Å². The topological polar surface area (TPSA) is 12.9 Å². The molecule has 0 amide bonds. The van der Waals surface area contributed by atoms with E-state index in [1.807, 2.05) is 12.3 Å². The zero-order chi connectivity index (χ0) is 9.90. The summed E-state index contributed by atoms with van der Waals surface area (Å²) in [5.41, 5.74) is 1.23. The van der Waals surface area contributed by atoms with Gasteiger partial charge in [0.1, 0.15) is 0 Å². The van der Waals surface area contributed by atoms with E-state index in [4.69, 9.17) is 0 Å². The molecule has 1 rings (SSSR count).